The van der Waals surface area contributed by atoms with E-state index in [1.54, 1.807) is 0 Å². The summed E-state index contributed by atoms with van der Waals surface area (Å²) in [6.45, 7) is 10.5. The molecule has 0 aliphatic carbocycles. The zero-order chi connectivity index (χ0) is 13.4. The Balaban J connectivity index is 2.03. The van der Waals surface area contributed by atoms with Gasteiger partial charge >= 0.3 is 7.12 Å². The molecule has 1 aliphatic rings. The topological polar surface area (TPSA) is 18.5 Å². The summed E-state index contributed by atoms with van der Waals surface area (Å²) in [5.41, 5.74) is 2.17. The van der Waals surface area contributed by atoms with Gasteiger partial charge in [0.2, 0.25) is 0 Å². The molecule has 3 heteroatoms. The minimum absolute atomic E-state index is 0.137. The van der Waals surface area contributed by atoms with E-state index in [1.165, 1.54) is 11.1 Å². The Labute approximate surface area is 111 Å². The van der Waals surface area contributed by atoms with E-state index in [2.05, 4.69) is 58.9 Å². The van der Waals surface area contributed by atoms with Crippen molar-refractivity contribution < 1.29 is 9.31 Å². The van der Waals surface area contributed by atoms with E-state index in [0.717, 1.165) is 12.7 Å². The highest BCUT2D eigenvalue weighted by atomic mass is 16.7. The van der Waals surface area contributed by atoms with Crippen LogP contribution in [0.15, 0.2) is 24.3 Å². The van der Waals surface area contributed by atoms with Crippen molar-refractivity contribution in [1.82, 2.24) is 0 Å². The quantitative estimate of drug-likeness (QED) is 0.761. The van der Waals surface area contributed by atoms with E-state index in [-0.39, 0.29) is 18.3 Å². The lowest BCUT2D eigenvalue weighted by molar-refractivity contribution is 0.00578. The molecule has 0 aromatic heterocycles. The highest BCUT2D eigenvalue weighted by Gasteiger charge is 2.50. The van der Waals surface area contributed by atoms with Crippen LogP contribution >= 0.6 is 0 Å². The normalized spacial score (nSPS) is 21.3. The average molecular weight is 246 g/mol. The second-order valence-corrected chi connectivity index (χ2v) is 6.06. The van der Waals surface area contributed by atoms with Crippen LogP contribution < -0.4 is 0 Å². The summed E-state index contributed by atoms with van der Waals surface area (Å²) < 4.78 is 12.0. The first kappa shape index (κ1) is 13.6. The summed E-state index contributed by atoms with van der Waals surface area (Å²) in [6, 6.07) is 8.70. The van der Waals surface area contributed by atoms with Crippen molar-refractivity contribution in [2.75, 3.05) is 0 Å². The average Bonchev–Trinajstić information content (AvgIpc) is 2.48. The summed E-state index contributed by atoms with van der Waals surface area (Å²) in [7, 11) is -0.137. The molecule has 0 saturated carbocycles. The van der Waals surface area contributed by atoms with Gasteiger partial charge in [0.15, 0.2) is 0 Å². The molecule has 0 spiro atoms. The third kappa shape index (κ3) is 2.62. The van der Waals surface area contributed by atoms with E-state index in [0.29, 0.717) is 0 Å². The van der Waals surface area contributed by atoms with Crippen LogP contribution in [-0.4, -0.2) is 18.3 Å². The molecule has 1 heterocycles. The van der Waals surface area contributed by atoms with Gasteiger partial charge in [-0.1, -0.05) is 31.2 Å². The predicted octanol–water partition coefficient (Wildman–Crippen LogP) is 3.42. The van der Waals surface area contributed by atoms with E-state index >= 15 is 0 Å². The Morgan fingerprint density at radius 3 is 1.78 bits per heavy atom. The molecule has 98 valence electrons. The first-order valence-electron chi connectivity index (χ1n) is 6.77. The smallest absolute Gasteiger partial charge is 0.403 e. The van der Waals surface area contributed by atoms with Gasteiger partial charge < -0.3 is 9.31 Å². The van der Waals surface area contributed by atoms with Crippen LogP contribution in [0.2, 0.25) is 0 Å². The second kappa shape index (κ2) is 4.71. The summed E-state index contributed by atoms with van der Waals surface area (Å²) in [5.74, 6) is 0. The summed E-state index contributed by atoms with van der Waals surface area (Å²) in [4.78, 5) is 0. The van der Waals surface area contributed by atoms with Gasteiger partial charge in [0.05, 0.1) is 11.2 Å². The minimum atomic E-state index is -0.235. The third-order valence-electron chi connectivity index (χ3n) is 4.14. The predicted molar refractivity (Wildman–Crippen MR) is 75.6 cm³/mol. The molecular formula is C15H23BO2. The first-order valence-corrected chi connectivity index (χ1v) is 6.77. The van der Waals surface area contributed by atoms with Crippen molar-refractivity contribution in [2.24, 2.45) is 0 Å². The lowest BCUT2D eigenvalue weighted by Crippen LogP contribution is -2.41. The van der Waals surface area contributed by atoms with Crippen LogP contribution in [0.25, 0.3) is 0 Å². The van der Waals surface area contributed by atoms with Crippen LogP contribution in [-0.2, 0) is 22.0 Å². The number of rotatable bonds is 3. The zero-order valence-electron chi connectivity index (χ0n) is 12.1. The van der Waals surface area contributed by atoms with Crippen LogP contribution in [0.1, 0.15) is 45.7 Å². The van der Waals surface area contributed by atoms with Crippen LogP contribution in [0.3, 0.4) is 0 Å². The van der Waals surface area contributed by atoms with Crippen molar-refractivity contribution in [3.63, 3.8) is 0 Å². The van der Waals surface area contributed by atoms with Gasteiger partial charge in [0.25, 0.3) is 0 Å². The Kier molecular flexibility index (Phi) is 3.57. The lowest BCUT2D eigenvalue weighted by atomic mass is 9.80. The van der Waals surface area contributed by atoms with Gasteiger partial charge in [-0.25, -0.2) is 0 Å². The highest BCUT2D eigenvalue weighted by molar-refractivity contribution is 6.45. The van der Waals surface area contributed by atoms with Gasteiger partial charge in [-0.2, -0.15) is 0 Å². The molecule has 18 heavy (non-hydrogen) atoms. The number of benzene rings is 1. The molecule has 1 aliphatic heterocycles. The maximum atomic E-state index is 6.00. The molecule has 0 bridgehead atoms. The van der Waals surface area contributed by atoms with Gasteiger partial charge in [-0.15, -0.1) is 0 Å². The standard InChI is InChI=1S/C15H23BO2/c1-6-12-7-9-13(10-8-12)11-16-17-14(2,3)15(4,5)18-16/h7-10H,6,11H2,1-5H3. The molecule has 1 fully saturated rings. The van der Waals surface area contributed by atoms with Crippen molar-refractivity contribution in [1.29, 1.82) is 0 Å². The van der Waals surface area contributed by atoms with E-state index < -0.39 is 0 Å². The van der Waals surface area contributed by atoms with Crippen molar-refractivity contribution in [2.45, 2.75) is 58.6 Å². The fraction of sp³-hybridized carbons (Fsp3) is 0.600. The molecule has 0 N–H and O–H groups in total. The molecule has 0 radical (unpaired) electrons. The summed E-state index contributed by atoms with van der Waals surface area (Å²) in [5, 5.41) is 0. The SMILES string of the molecule is CCc1ccc(CB2OC(C)(C)C(C)(C)O2)cc1. The van der Waals surface area contributed by atoms with E-state index in [9.17, 15) is 0 Å². The zero-order valence-corrected chi connectivity index (χ0v) is 12.1. The molecule has 2 nitrogen and oxygen atoms in total. The van der Waals surface area contributed by atoms with Gasteiger partial charge in [0, 0.05) is 6.32 Å². The van der Waals surface area contributed by atoms with Crippen molar-refractivity contribution in [3.05, 3.63) is 35.4 Å². The molecule has 0 atom stereocenters. The fourth-order valence-corrected chi connectivity index (χ4v) is 2.15. The van der Waals surface area contributed by atoms with Crippen LogP contribution in [0.5, 0.6) is 0 Å². The summed E-state index contributed by atoms with van der Waals surface area (Å²) >= 11 is 0. The van der Waals surface area contributed by atoms with E-state index in [1.807, 2.05) is 0 Å². The largest absolute Gasteiger partial charge is 0.462 e. The maximum Gasteiger partial charge on any atom is 0.462 e. The maximum absolute atomic E-state index is 6.00. The second-order valence-electron chi connectivity index (χ2n) is 6.06. The monoisotopic (exact) mass is 246 g/mol. The molecular weight excluding hydrogens is 223 g/mol. The molecule has 0 amide bonds. The van der Waals surface area contributed by atoms with Crippen LogP contribution in [0.4, 0.5) is 0 Å². The molecule has 1 aromatic rings. The molecule has 1 aromatic carbocycles. The number of hydrogen-bond donors (Lipinski definition) is 0. The number of hydrogen-bond acceptors (Lipinski definition) is 2. The number of aryl methyl sites for hydroxylation is 1. The third-order valence-corrected chi connectivity index (χ3v) is 4.14. The molecule has 1 saturated heterocycles. The van der Waals surface area contributed by atoms with E-state index in [4.69, 9.17) is 9.31 Å². The first-order chi connectivity index (χ1) is 8.34. The fourth-order valence-electron chi connectivity index (χ4n) is 2.15. The Morgan fingerprint density at radius 1 is 0.889 bits per heavy atom. The Bertz CT molecular complexity index is 393. The van der Waals surface area contributed by atoms with Gasteiger partial charge in [-0.3, -0.25) is 0 Å². The van der Waals surface area contributed by atoms with Crippen molar-refractivity contribution in [3.8, 4) is 0 Å². The van der Waals surface area contributed by atoms with Gasteiger partial charge in [-0.05, 0) is 45.2 Å². The lowest BCUT2D eigenvalue weighted by Gasteiger charge is -2.32. The van der Waals surface area contributed by atoms with Crippen LogP contribution in [0, 0.1) is 0 Å². The van der Waals surface area contributed by atoms with Gasteiger partial charge in [0.1, 0.15) is 0 Å². The molecule has 2 rings (SSSR count). The highest BCUT2D eigenvalue weighted by Crippen LogP contribution is 2.37. The molecule has 0 unspecified atom stereocenters. The minimum Gasteiger partial charge on any atom is -0.403 e. The summed E-state index contributed by atoms with van der Waals surface area (Å²) in [6.07, 6.45) is 1.90. The Morgan fingerprint density at radius 2 is 1.33 bits per heavy atom. The van der Waals surface area contributed by atoms with Crippen molar-refractivity contribution >= 4 is 7.12 Å². The Hall–Kier alpha value is -0.795.